The molecule has 0 saturated carbocycles. The lowest BCUT2D eigenvalue weighted by Gasteiger charge is -2.13. The Morgan fingerprint density at radius 3 is 2.30 bits per heavy atom. The maximum absolute atomic E-state index is 7.71. The lowest BCUT2D eigenvalue weighted by atomic mass is 10.2. The average molecular weight is 288 g/mol. The number of methoxy groups -OCH3 is 1. The molecule has 20 heavy (non-hydrogen) atoms. The highest BCUT2D eigenvalue weighted by Gasteiger charge is 2.12. The van der Waals surface area contributed by atoms with Crippen LogP contribution in [0.2, 0.25) is 0 Å². The molecule has 2 aromatic rings. The highest BCUT2D eigenvalue weighted by molar-refractivity contribution is 7.98. The minimum atomic E-state index is -0.00142. The van der Waals surface area contributed by atoms with E-state index in [1.807, 2.05) is 42.7 Å². The van der Waals surface area contributed by atoms with E-state index in [1.165, 1.54) is 11.8 Å². The summed E-state index contributed by atoms with van der Waals surface area (Å²) < 4.78 is 10.9. The van der Waals surface area contributed by atoms with Crippen molar-refractivity contribution in [3.63, 3.8) is 0 Å². The topological polar surface area (TPSA) is 68.3 Å². The molecule has 0 aromatic heterocycles. The first-order valence-corrected chi connectivity index (χ1v) is 7.21. The highest BCUT2D eigenvalue weighted by atomic mass is 32.2. The van der Waals surface area contributed by atoms with Crippen molar-refractivity contribution in [2.75, 3.05) is 13.4 Å². The van der Waals surface area contributed by atoms with Crippen LogP contribution in [0.25, 0.3) is 0 Å². The van der Waals surface area contributed by atoms with Crippen LogP contribution in [0.3, 0.4) is 0 Å². The molecule has 5 heteroatoms. The van der Waals surface area contributed by atoms with Crippen molar-refractivity contribution in [1.29, 1.82) is 5.41 Å². The molecule has 0 atom stereocenters. The third-order valence-electron chi connectivity index (χ3n) is 2.76. The molecule has 2 rings (SSSR count). The number of nitrogens with one attached hydrogen (secondary N) is 1. The molecule has 0 amide bonds. The van der Waals surface area contributed by atoms with Gasteiger partial charge in [-0.1, -0.05) is 6.07 Å². The van der Waals surface area contributed by atoms with E-state index in [0.717, 1.165) is 10.6 Å². The SMILES string of the molecule is COc1ccc(Oc2cccc(SC)c2C(=N)N)cc1. The Bertz CT molecular complexity index is 612. The van der Waals surface area contributed by atoms with Gasteiger partial charge in [-0.3, -0.25) is 5.41 Å². The minimum absolute atomic E-state index is 0.00142. The third kappa shape index (κ3) is 3.05. The van der Waals surface area contributed by atoms with Crippen molar-refractivity contribution in [3.05, 3.63) is 48.0 Å². The molecule has 104 valence electrons. The Balaban J connectivity index is 2.34. The Morgan fingerprint density at radius 2 is 1.75 bits per heavy atom. The van der Waals surface area contributed by atoms with Gasteiger partial charge < -0.3 is 15.2 Å². The van der Waals surface area contributed by atoms with Crippen LogP contribution in [0, 0.1) is 5.41 Å². The molecule has 0 fully saturated rings. The molecular formula is C15H16N2O2S. The maximum Gasteiger partial charge on any atom is 0.139 e. The van der Waals surface area contributed by atoms with Gasteiger partial charge >= 0.3 is 0 Å². The summed E-state index contributed by atoms with van der Waals surface area (Å²) in [6.45, 7) is 0. The largest absolute Gasteiger partial charge is 0.497 e. The average Bonchev–Trinajstić information content (AvgIpc) is 2.47. The number of nitrogens with two attached hydrogens (primary N) is 1. The summed E-state index contributed by atoms with van der Waals surface area (Å²) in [5.74, 6) is 2.02. The van der Waals surface area contributed by atoms with Crippen LogP contribution >= 0.6 is 11.8 Å². The molecule has 0 heterocycles. The van der Waals surface area contributed by atoms with Crippen molar-refractivity contribution in [3.8, 4) is 17.2 Å². The molecule has 0 radical (unpaired) electrons. The number of rotatable bonds is 5. The van der Waals surface area contributed by atoms with Crippen molar-refractivity contribution >= 4 is 17.6 Å². The van der Waals surface area contributed by atoms with E-state index in [0.29, 0.717) is 17.1 Å². The fourth-order valence-corrected chi connectivity index (χ4v) is 2.43. The van der Waals surface area contributed by atoms with Gasteiger partial charge in [0.2, 0.25) is 0 Å². The Labute approximate surface area is 122 Å². The van der Waals surface area contributed by atoms with Gasteiger partial charge in [0.1, 0.15) is 23.1 Å². The molecule has 0 spiro atoms. The Hall–Kier alpha value is -2.14. The number of benzene rings is 2. The predicted molar refractivity (Wildman–Crippen MR) is 82.3 cm³/mol. The second kappa shape index (κ2) is 6.34. The summed E-state index contributed by atoms with van der Waals surface area (Å²) in [7, 11) is 1.62. The van der Waals surface area contributed by atoms with Gasteiger partial charge in [-0.2, -0.15) is 0 Å². The summed E-state index contributed by atoms with van der Waals surface area (Å²) in [6, 6.07) is 12.9. The van der Waals surface area contributed by atoms with Crippen LogP contribution in [0.1, 0.15) is 5.56 Å². The van der Waals surface area contributed by atoms with E-state index in [9.17, 15) is 0 Å². The smallest absolute Gasteiger partial charge is 0.139 e. The summed E-state index contributed by atoms with van der Waals surface area (Å²) in [6.07, 6.45) is 1.94. The number of nitrogen functional groups attached to an aromatic ring is 1. The first-order chi connectivity index (χ1) is 9.65. The fourth-order valence-electron chi connectivity index (χ4n) is 1.80. The van der Waals surface area contributed by atoms with E-state index >= 15 is 0 Å². The summed E-state index contributed by atoms with van der Waals surface area (Å²) in [5.41, 5.74) is 6.28. The molecular weight excluding hydrogens is 272 g/mol. The molecule has 0 bridgehead atoms. The van der Waals surface area contributed by atoms with Crippen molar-refractivity contribution in [2.45, 2.75) is 4.90 Å². The molecule has 2 aromatic carbocycles. The number of amidine groups is 1. The van der Waals surface area contributed by atoms with E-state index in [4.69, 9.17) is 20.6 Å². The molecule has 0 aliphatic carbocycles. The Morgan fingerprint density at radius 1 is 1.10 bits per heavy atom. The van der Waals surface area contributed by atoms with Crippen molar-refractivity contribution < 1.29 is 9.47 Å². The third-order valence-corrected chi connectivity index (χ3v) is 3.54. The quantitative estimate of drug-likeness (QED) is 0.502. The lowest BCUT2D eigenvalue weighted by molar-refractivity contribution is 0.412. The maximum atomic E-state index is 7.71. The van der Waals surface area contributed by atoms with Crippen LogP contribution in [-0.4, -0.2) is 19.2 Å². The van der Waals surface area contributed by atoms with E-state index in [-0.39, 0.29) is 5.84 Å². The normalized spacial score (nSPS) is 10.1. The van der Waals surface area contributed by atoms with Crippen LogP contribution in [0.4, 0.5) is 0 Å². The molecule has 4 nitrogen and oxygen atoms in total. The number of hydrogen-bond donors (Lipinski definition) is 2. The van der Waals surface area contributed by atoms with Crippen LogP contribution in [-0.2, 0) is 0 Å². The molecule has 0 saturated heterocycles. The van der Waals surface area contributed by atoms with Gasteiger partial charge in [-0.05, 0) is 42.7 Å². The zero-order chi connectivity index (χ0) is 14.5. The standard InChI is InChI=1S/C15H16N2O2S/c1-18-10-6-8-11(9-7-10)19-12-4-3-5-13(20-2)14(12)15(16)17/h3-9H,1-2H3,(H3,16,17). The van der Waals surface area contributed by atoms with E-state index in [2.05, 4.69) is 0 Å². The van der Waals surface area contributed by atoms with Gasteiger partial charge in [0.05, 0.1) is 12.7 Å². The highest BCUT2D eigenvalue weighted by Crippen LogP contribution is 2.32. The van der Waals surface area contributed by atoms with Crippen molar-refractivity contribution in [2.24, 2.45) is 5.73 Å². The molecule has 0 aliphatic rings. The van der Waals surface area contributed by atoms with Crippen LogP contribution in [0.5, 0.6) is 17.2 Å². The van der Waals surface area contributed by atoms with Crippen LogP contribution in [0.15, 0.2) is 47.4 Å². The number of hydrogen-bond acceptors (Lipinski definition) is 4. The first kappa shape index (κ1) is 14.3. The molecule has 0 aliphatic heterocycles. The number of ether oxygens (including phenoxy) is 2. The van der Waals surface area contributed by atoms with Crippen LogP contribution < -0.4 is 15.2 Å². The molecule has 0 unspecified atom stereocenters. The van der Waals surface area contributed by atoms with Gasteiger partial charge in [0, 0.05) is 4.90 Å². The van der Waals surface area contributed by atoms with Gasteiger partial charge in [0.25, 0.3) is 0 Å². The minimum Gasteiger partial charge on any atom is -0.497 e. The van der Waals surface area contributed by atoms with E-state index in [1.54, 1.807) is 13.2 Å². The Kier molecular flexibility index (Phi) is 4.53. The van der Waals surface area contributed by atoms with Gasteiger partial charge in [-0.15, -0.1) is 11.8 Å². The zero-order valence-electron chi connectivity index (χ0n) is 11.3. The fraction of sp³-hybridized carbons (Fsp3) is 0.133. The monoisotopic (exact) mass is 288 g/mol. The number of thioether (sulfide) groups is 1. The first-order valence-electron chi connectivity index (χ1n) is 5.99. The lowest BCUT2D eigenvalue weighted by Crippen LogP contribution is -2.13. The second-order valence-electron chi connectivity index (χ2n) is 4.02. The summed E-state index contributed by atoms with van der Waals surface area (Å²) in [5, 5.41) is 7.71. The van der Waals surface area contributed by atoms with Gasteiger partial charge in [0.15, 0.2) is 0 Å². The molecule has 3 N–H and O–H groups in total. The van der Waals surface area contributed by atoms with Crippen molar-refractivity contribution in [1.82, 2.24) is 0 Å². The second-order valence-corrected chi connectivity index (χ2v) is 4.87. The zero-order valence-corrected chi connectivity index (χ0v) is 12.2. The summed E-state index contributed by atoms with van der Waals surface area (Å²) >= 11 is 1.53. The summed E-state index contributed by atoms with van der Waals surface area (Å²) in [4.78, 5) is 0.920. The van der Waals surface area contributed by atoms with E-state index < -0.39 is 0 Å². The van der Waals surface area contributed by atoms with Gasteiger partial charge in [-0.25, -0.2) is 0 Å². The predicted octanol–water partition coefficient (Wildman–Crippen LogP) is 3.49.